The van der Waals surface area contributed by atoms with Crippen LogP contribution in [0.3, 0.4) is 0 Å². The Hall–Kier alpha value is -0.580. The van der Waals surface area contributed by atoms with Crippen molar-refractivity contribution in [1.82, 2.24) is 4.31 Å². The number of hydrogen-bond donors (Lipinski definition) is 0. The van der Waals surface area contributed by atoms with Crippen LogP contribution in [-0.2, 0) is 15.9 Å². The normalized spacial score (nSPS) is 13.8. The number of nitrogens with zero attached hydrogens (tertiary/aromatic N) is 1. The number of sulfonamides is 1. The summed E-state index contributed by atoms with van der Waals surface area (Å²) in [7, 11) is -3.40. The van der Waals surface area contributed by atoms with Crippen LogP contribution < -0.4 is 0 Å². The molecule has 1 unspecified atom stereocenters. The minimum atomic E-state index is -3.40. The highest BCUT2D eigenvalue weighted by Gasteiger charge is 2.26. The van der Waals surface area contributed by atoms with E-state index in [0.29, 0.717) is 17.3 Å². The second-order valence-electron chi connectivity index (χ2n) is 4.24. The Labute approximate surface area is 115 Å². The van der Waals surface area contributed by atoms with Crippen molar-refractivity contribution in [2.75, 3.05) is 6.54 Å². The third kappa shape index (κ3) is 3.25. The SMILES string of the molecule is CCC(C)N(CC)S(=O)(=O)c1ccc(CCl)cc1. The number of halogens is 1. The lowest BCUT2D eigenvalue weighted by molar-refractivity contribution is 0.342. The Morgan fingerprint density at radius 3 is 2.17 bits per heavy atom. The monoisotopic (exact) mass is 289 g/mol. The summed E-state index contributed by atoms with van der Waals surface area (Å²) in [5.41, 5.74) is 0.919. The van der Waals surface area contributed by atoms with E-state index in [0.717, 1.165) is 12.0 Å². The van der Waals surface area contributed by atoms with E-state index in [2.05, 4.69) is 0 Å². The molecule has 1 rings (SSSR count). The van der Waals surface area contributed by atoms with Gasteiger partial charge in [-0.15, -0.1) is 11.6 Å². The summed E-state index contributed by atoms with van der Waals surface area (Å²) < 4.78 is 26.4. The Bertz CT molecular complexity index is 470. The third-order valence-electron chi connectivity index (χ3n) is 3.08. The quantitative estimate of drug-likeness (QED) is 0.754. The molecule has 0 N–H and O–H groups in total. The maximum absolute atomic E-state index is 12.5. The molecule has 0 spiro atoms. The fourth-order valence-electron chi connectivity index (χ4n) is 1.81. The first kappa shape index (κ1) is 15.5. The van der Waals surface area contributed by atoms with Crippen molar-refractivity contribution in [2.24, 2.45) is 0 Å². The Kier molecular flexibility index (Phi) is 5.63. The summed E-state index contributed by atoms with van der Waals surface area (Å²) in [6, 6.07) is 6.76. The van der Waals surface area contributed by atoms with Gasteiger partial charge in [0.05, 0.1) is 4.90 Å². The highest BCUT2D eigenvalue weighted by Crippen LogP contribution is 2.20. The molecule has 0 amide bonds. The molecule has 5 heteroatoms. The van der Waals surface area contributed by atoms with Gasteiger partial charge in [-0.1, -0.05) is 26.0 Å². The van der Waals surface area contributed by atoms with Crippen molar-refractivity contribution < 1.29 is 8.42 Å². The molecule has 0 radical (unpaired) electrons. The lowest BCUT2D eigenvalue weighted by Crippen LogP contribution is -2.38. The van der Waals surface area contributed by atoms with Crippen molar-refractivity contribution in [3.63, 3.8) is 0 Å². The first-order valence-electron chi connectivity index (χ1n) is 6.14. The topological polar surface area (TPSA) is 37.4 Å². The highest BCUT2D eigenvalue weighted by atomic mass is 35.5. The van der Waals surface area contributed by atoms with Crippen LogP contribution in [0.1, 0.15) is 32.8 Å². The Morgan fingerprint density at radius 1 is 1.22 bits per heavy atom. The van der Waals surface area contributed by atoms with E-state index in [1.54, 1.807) is 24.3 Å². The van der Waals surface area contributed by atoms with Crippen LogP contribution in [0, 0.1) is 0 Å². The molecule has 102 valence electrons. The average molecular weight is 290 g/mol. The van der Waals surface area contributed by atoms with Gasteiger partial charge in [-0.2, -0.15) is 4.31 Å². The van der Waals surface area contributed by atoms with E-state index >= 15 is 0 Å². The smallest absolute Gasteiger partial charge is 0.207 e. The molecule has 0 heterocycles. The van der Waals surface area contributed by atoms with Crippen LogP contribution >= 0.6 is 11.6 Å². The van der Waals surface area contributed by atoms with Gasteiger partial charge in [0.2, 0.25) is 10.0 Å². The molecule has 0 bridgehead atoms. The standard InChI is InChI=1S/C13H20ClNO2S/c1-4-11(3)15(5-2)18(16,17)13-8-6-12(10-14)7-9-13/h6-9,11H,4-5,10H2,1-3H3. The van der Waals surface area contributed by atoms with Crippen molar-refractivity contribution in [3.05, 3.63) is 29.8 Å². The Morgan fingerprint density at radius 2 is 1.78 bits per heavy atom. The van der Waals surface area contributed by atoms with Gasteiger partial charge in [0, 0.05) is 18.5 Å². The van der Waals surface area contributed by atoms with E-state index in [4.69, 9.17) is 11.6 Å². The van der Waals surface area contributed by atoms with Crippen LogP contribution in [0.15, 0.2) is 29.2 Å². The number of alkyl halides is 1. The molecular weight excluding hydrogens is 270 g/mol. The second-order valence-corrected chi connectivity index (χ2v) is 6.40. The van der Waals surface area contributed by atoms with Crippen molar-refractivity contribution >= 4 is 21.6 Å². The number of benzene rings is 1. The van der Waals surface area contributed by atoms with Gasteiger partial charge in [0.25, 0.3) is 0 Å². The third-order valence-corrected chi connectivity index (χ3v) is 5.49. The number of hydrogen-bond acceptors (Lipinski definition) is 2. The molecule has 3 nitrogen and oxygen atoms in total. The van der Waals surface area contributed by atoms with Crippen LogP contribution in [0.4, 0.5) is 0 Å². The van der Waals surface area contributed by atoms with Gasteiger partial charge in [0.1, 0.15) is 0 Å². The predicted octanol–water partition coefficient (Wildman–Crippen LogP) is 3.23. The minimum absolute atomic E-state index is 0.00713. The van der Waals surface area contributed by atoms with E-state index in [-0.39, 0.29) is 6.04 Å². The first-order chi connectivity index (χ1) is 8.47. The van der Waals surface area contributed by atoms with Gasteiger partial charge in [0.15, 0.2) is 0 Å². The fraction of sp³-hybridized carbons (Fsp3) is 0.538. The largest absolute Gasteiger partial charge is 0.243 e. The maximum atomic E-state index is 12.5. The lowest BCUT2D eigenvalue weighted by Gasteiger charge is -2.26. The van der Waals surface area contributed by atoms with E-state index in [1.807, 2.05) is 20.8 Å². The molecule has 1 aromatic carbocycles. The highest BCUT2D eigenvalue weighted by molar-refractivity contribution is 7.89. The zero-order chi connectivity index (χ0) is 13.8. The van der Waals surface area contributed by atoms with Crippen molar-refractivity contribution in [3.8, 4) is 0 Å². The molecular formula is C13H20ClNO2S. The zero-order valence-electron chi connectivity index (χ0n) is 11.1. The summed E-state index contributed by atoms with van der Waals surface area (Å²) in [6.07, 6.45) is 0.798. The van der Waals surface area contributed by atoms with E-state index in [9.17, 15) is 8.42 Å². The summed E-state index contributed by atoms with van der Waals surface area (Å²) in [5.74, 6) is 0.392. The van der Waals surface area contributed by atoms with Crippen LogP contribution in [-0.4, -0.2) is 25.3 Å². The zero-order valence-corrected chi connectivity index (χ0v) is 12.6. The molecule has 0 aliphatic heterocycles. The second kappa shape index (κ2) is 6.55. The summed E-state index contributed by atoms with van der Waals surface area (Å²) in [5, 5.41) is 0. The molecule has 0 aromatic heterocycles. The molecule has 0 aliphatic rings. The predicted molar refractivity (Wildman–Crippen MR) is 75.3 cm³/mol. The summed E-state index contributed by atoms with van der Waals surface area (Å²) in [4.78, 5) is 0.332. The first-order valence-corrected chi connectivity index (χ1v) is 8.11. The van der Waals surface area contributed by atoms with Gasteiger partial charge < -0.3 is 0 Å². The van der Waals surface area contributed by atoms with Crippen LogP contribution in [0.5, 0.6) is 0 Å². The van der Waals surface area contributed by atoms with E-state index < -0.39 is 10.0 Å². The fourth-order valence-corrected chi connectivity index (χ4v) is 3.70. The van der Waals surface area contributed by atoms with Crippen molar-refractivity contribution in [1.29, 1.82) is 0 Å². The molecule has 0 saturated carbocycles. The minimum Gasteiger partial charge on any atom is -0.207 e. The molecule has 1 atom stereocenters. The average Bonchev–Trinajstić information content (AvgIpc) is 2.39. The van der Waals surface area contributed by atoms with Gasteiger partial charge in [-0.25, -0.2) is 8.42 Å². The van der Waals surface area contributed by atoms with Crippen LogP contribution in [0.25, 0.3) is 0 Å². The molecule has 0 saturated heterocycles. The summed E-state index contributed by atoms with van der Waals surface area (Å²) in [6.45, 7) is 6.25. The van der Waals surface area contributed by atoms with Gasteiger partial charge in [-0.3, -0.25) is 0 Å². The molecule has 0 aliphatic carbocycles. The van der Waals surface area contributed by atoms with Crippen molar-refractivity contribution in [2.45, 2.75) is 44.0 Å². The lowest BCUT2D eigenvalue weighted by atomic mass is 10.2. The maximum Gasteiger partial charge on any atom is 0.243 e. The molecule has 0 fully saturated rings. The summed E-state index contributed by atoms with van der Waals surface area (Å²) >= 11 is 5.70. The molecule has 18 heavy (non-hydrogen) atoms. The van der Waals surface area contributed by atoms with Gasteiger partial charge in [-0.05, 0) is 31.0 Å². The number of rotatable bonds is 6. The molecule has 1 aromatic rings. The van der Waals surface area contributed by atoms with E-state index in [1.165, 1.54) is 4.31 Å². The van der Waals surface area contributed by atoms with Gasteiger partial charge >= 0.3 is 0 Å². The van der Waals surface area contributed by atoms with Crippen LogP contribution in [0.2, 0.25) is 0 Å². The Balaban J connectivity index is 3.10.